The standard InChI is InChI=1S/C22H25N3O2/c1-16-6-4-8-19(14-16)15-25-21(10-12-23-25)24-22(26)11-13-27-20-9-5-7-17(2)18(20)3/h4-10,12,14H,11,13,15H2,1-3H3,(H,24,26). The van der Waals surface area contributed by atoms with Crippen molar-refractivity contribution in [2.45, 2.75) is 33.7 Å². The SMILES string of the molecule is Cc1cccc(Cn2nccc2NC(=O)CCOc2cccc(C)c2C)c1. The van der Waals surface area contributed by atoms with Crippen molar-refractivity contribution in [1.82, 2.24) is 9.78 Å². The van der Waals surface area contributed by atoms with Crippen LogP contribution < -0.4 is 10.1 Å². The van der Waals surface area contributed by atoms with Gasteiger partial charge in [0.2, 0.25) is 5.91 Å². The fraction of sp³-hybridized carbons (Fsp3) is 0.273. The summed E-state index contributed by atoms with van der Waals surface area (Å²) in [5, 5.41) is 7.23. The predicted molar refractivity (Wildman–Crippen MR) is 107 cm³/mol. The number of hydrogen-bond donors (Lipinski definition) is 1. The lowest BCUT2D eigenvalue weighted by Crippen LogP contribution is -2.18. The average molecular weight is 363 g/mol. The first-order valence-corrected chi connectivity index (χ1v) is 9.09. The van der Waals surface area contributed by atoms with E-state index >= 15 is 0 Å². The van der Waals surface area contributed by atoms with Gasteiger partial charge < -0.3 is 10.1 Å². The molecule has 0 saturated carbocycles. The minimum atomic E-state index is -0.0914. The largest absolute Gasteiger partial charge is 0.493 e. The van der Waals surface area contributed by atoms with Gasteiger partial charge in [0, 0.05) is 6.07 Å². The number of aromatic nitrogens is 2. The van der Waals surface area contributed by atoms with Crippen molar-refractivity contribution in [3.63, 3.8) is 0 Å². The van der Waals surface area contributed by atoms with Crippen LogP contribution in [0.4, 0.5) is 5.82 Å². The molecule has 140 valence electrons. The van der Waals surface area contributed by atoms with Gasteiger partial charge in [0.1, 0.15) is 11.6 Å². The first-order valence-electron chi connectivity index (χ1n) is 9.09. The van der Waals surface area contributed by atoms with E-state index in [0.717, 1.165) is 16.9 Å². The van der Waals surface area contributed by atoms with Crippen molar-refractivity contribution in [3.05, 3.63) is 77.0 Å². The third kappa shape index (κ3) is 4.97. The average Bonchev–Trinajstić information content (AvgIpc) is 3.05. The molecular weight excluding hydrogens is 338 g/mol. The Morgan fingerprint density at radius 2 is 1.93 bits per heavy atom. The van der Waals surface area contributed by atoms with E-state index in [-0.39, 0.29) is 12.3 Å². The van der Waals surface area contributed by atoms with Gasteiger partial charge in [-0.3, -0.25) is 4.79 Å². The van der Waals surface area contributed by atoms with Crippen molar-refractivity contribution >= 4 is 11.7 Å². The zero-order chi connectivity index (χ0) is 19.2. The smallest absolute Gasteiger partial charge is 0.228 e. The molecule has 0 saturated heterocycles. The number of amides is 1. The number of nitrogens with one attached hydrogen (secondary N) is 1. The van der Waals surface area contributed by atoms with Crippen LogP contribution in [0.5, 0.6) is 5.75 Å². The summed E-state index contributed by atoms with van der Waals surface area (Å²) in [5.41, 5.74) is 4.63. The molecule has 1 aromatic heterocycles. The minimum absolute atomic E-state index is 0.0914. The van der Waals surface area contributed by atoms with Crippen molar-refractivity contribution in [1.29, 1.82) is 0 Å². The van der Waals surface area contributed by atoms with Crippen LogP contribution in [0.1, 0.15) is 28.7 Å². The maximum absolute atomic E-state index is 12.3. The molecule has 5 nitrogen and oxygen atoms in total. The quantitative estimate of drug-likeness (QED) is 0.682. The van der Waals surface area contributed by atoms with Crippen molar-refractivity contribution < 1.29 is 9.53 Å². The summed E-state index contributed by atoms with van der Waals surface area (Å²) >= 11 is 0. The molecule has 1 amide bonds. The molecule has 3 aromatic rings. The van der Waals surface area contributed by atoms with Gasteiger partial charge in [-0.1, -0.05) is 42.0 Å². The molecule has 0 unspecified atom stereocenters. The summed E-state index contributed by atoms with van der Waals surface area (Å²) in [6.45, 7) is 7.08. The number of benzene rings is 2. The second-order valence-corrected chi connectivity index (χ2v) is 6.71. The first kappa shape index (κ1) is 18.7. The molecule has 1 N–H and O–H groups in total. The number of carbonyl (C=O) groups is 1. The number of ether oxygens (including phenoxy) is 1. The van der Waals surface area contributed by atoms with Gasteiger partial charge in [0.25, 0.3) is 0 Å². The highest BCUT2D eigenvalue weighted by Gasteiger charge is 2.09. The normalized spacial score (nSPS) is 10.6. The highest BCUT2D eigenvalue weighted by molar-refractivity contribution is 5.89. The van der Waals surface area contributed by atoms with Crippen LogP contribution in [0.15, 0.2) is 54.7 Å². The maximum Gasteiger partial charge on any atom is 0.228 e. The summed E-state index contributed by atoms with van der Waals surface area (Å²) in [6.07, 6.45) is 1.97. The molecule has 3 rings (SSSR count). The molecule has 0 spiro atoms. The zero-order valence-corrected chi connectivity index (χ0v) is 16.0. The lowest BCUT2D eigenvalue weighted by molar-refractivity contribution is -0.116. The maximum atomic E-state index is 12.3. The summed E-state index contributed by atoms with van der Waals surface area (Å²) in [7, 11) is 0. The van der Waals surface area contributed by atoms with E-state index in [9.17, 15) is 4.79 Å². The zero-order valence-electron chi connectivity index (χ0n) is 16.0. The predicted octanol–water partition coefficient (Wildman–Crippen LogP) is 4.26. The monoisotopic (exact) mass is 363 g/mol. The van der Waals surface area contributed by atoms with Crippen LogP contribution in [0.25, 0.3) is 0 Å². The Balaban J connectivity index is 1.54. The van der Waals surface area contributed by atoms with Crippen molar-refractivity contribution in [2.75, 3.05) is 11.9 Å². The number of nitrogens with zero attached hydrogens (tertiary/aromatic N) is 2. The summed E-state index contributed by atoms with van der Waals surface area (Å²) in [6, 6.07) is 16.0. The van der Waals surface area contributed by atoms with Gasteiger partial charge in [0.15, 0.2) is 0 Å². The molecule has 0 aliphatic carbocycles. The third-order valence-electron chi connectivity index (χ3n) is 4.54. The Labute approximate surface area is 160 Å². The molecule has 0 radical (unpaired) electrons. The molecule has 1 heterocycles. The number of aryl methyl sites for hydroxylation is 2. The lowest BCUT2D eigenvalue weighted by atomic mass is 10.1. The summed E-state index contributed by atoms with van der Waals surface area (Å²) < 4.78 is 7.55. The Morgan fingerprint density at radius 3 is 2.74 bits per heavy atom. The summed E-state index contributed by atoms with van der Waals surface area (Å²) in [4.78, 5) is 12.3. The fourth-order valence-corrected chi connectivity index (χ4v) is 2.89. The Bertz CT molecular complexity index is 931. The third-order valence-corrected chi connectivity index (χ3v) is 4.54. The van der Waals surface area contributed by atoms with Crippen LogP contribution in [0.3, 0.4) is 0 Å². The molecular formula is C22H25N3O2. The highest BCUT2D eigenvalue weighted by Crippen LogP contribution is 2.20. The molecule has 0 aliphatic heterocycles. The van der Waals surface area contributed by atoms with E-state index in [1.165, 1.54) is 11.1 Å². The van der Waals surface area contributed by atoms with E-state index in [0.29, 0.717) is 19.0 Å². The van der Waals surface area contributed by atoms with Gasteiger partial charge in [0.05, 0.1) is 25.8 Å². The molecule has 0 atom stereocenters. The summed E-state index contributed by atoms with van der Waals surface area (Å²) in [5.74, 6) is 1.42. The van der Waals surface area contributed by atoms with E-state index < -0.39 is 0 Å². The molecule has 0 bridgehead atoms. The number of carbonyl (C=O) groups excluding carboxylic acids is 1. The van der Waals surface area contributed by atoms with Gasteiger partial charge in [-0.05, 0) is 43.5 Å². The Hall–Kier alpha value is -3.08. The Morgan fingerprint density at radius 1 is 1.11 bits per heavy atom. The second kappa shape index (κ2) is 8.54. The van der Waals surface area contributed by atoms with Crippen LogP contribution >= 0.6 is 0 Å². The van der Waals surface area contributed by atoms with Gasteiger partial charge in [-0.2, -0.15) is 5.10 Å². The van der Waals surface area contributed by atoms with E-state index in [1.54, 1.807) is 16.9 Å². The van der Waals surface area contributed by atoms with Crippen LogP contribution in [-0.2, 0) is 11.3 Å². The number of anilines is 1. The molecule has 27 heavy (non-hydrogen) atoms. The fourth-order valence-electron chi connectivity index (χ4n) is 2.89. The van der Waals surface area contributed by atoms with Gasteiger partial charge in [-0.25, -0.2) is 4.68 Å². The lowest BCUT2D eigenvalue weighted by Gasteiger charge is -2.12. The molecule has 2 aromatic carbocycles. The molecule has 0 fully saturated rings. The second-order valence-electron chi connectivity index (χ2n) is 6.71. The van der Waals surface area contributed by atoms with Crippen LogP contribution in [0.2, 0.25) is 0 Å². The van der Waals surface area contributed by atoms with Crippen molar-refractivity contribution in [3.8, 4) is 5.75 Å². The van der Waals surface area contributed by atoms with Crippen LogP contribution in [0, 0.1) is 20.8 Å². The number of hydrogen-bond acceptors (Lipinski definition) is 3. The minimum Gasteiger partial charge on any atom is -0.493 e. The van der Waals surface area contributed by atoms with Gasteiger partial charge >= 0.3 is 0 Å². The van der Waals surface area contributed by atoms with E-state index in [4.69, 9.17) is 4.74 Å². The van der Waals surface area contributed by atoms with E-state index in [2.05, 4.69) is 35.5 Å². The van der Waals surface area contributed by atoms with Gasteiger partial charge in [-0.15, -0.1) is 0 Å². The topological polar surface area (TPSA) is 56.2 Å². The highest BCUT2D eigenvalue weighted by atomic mass is 16.5. The molecule has 0 aliphatic rings. The number of rotatable bonds is 7. The van der Waals surface area contributed by atoms with Crippen molar-refractivity contribution in [2.24, 2.45) is 0 Å². The molecule has 5 heteroatoms. The first-order chi connectivity index (χ1) is 13.0. The van der Waals surface area contributed by atoms with E-state index in [1.807, 2.05) is 38.1 Å². The van der Waals surface area contributed by atoms with Crippen LogP contribution in [-0.4, -0.2) is 22.3 Å². The Kier molecular flexibility index (Phi) is 5.91.